The van der Waals surface area contributed by atoms with Gasteiger partial charge in [-0.15, -0.1) is 0 Å². The fourth-order valence-electron chi connectivity index (χ4n) is 3.36. The van der Waals surface area contributed by atoms with Crippen molar-refractivity contribution in [1.82, 2.24) is 10.2 Å². The van der Waals surface area contributed by atoms with E-state index in [4.69, 9.17) is 4.74 Å². The minimum Gasteiger partial charge on any atom is -0.373 e. The normalized spacial score (nSPS) is 43.4. The van der Waals surface area contributed by atoms with E-state index in [2.05, 4.69) is 24.1 Å². The predicted octanol–water partition coefficient (Wildman–Crippen LogP) is 1.63. The molecule has 0 aromatic heterocycles. The van der Waals surface area contributed by atoms with Crippen LogP contribution in [0.4, 0.5) is 0 Å². The predicted molar refractivity (Wildman–Crippen MR) is 69.1 cm³/mol. The van der Waals surface area contributed by atoms with Crippen molar-refractivity contribution < 1.29 is 4.74 Å². The Balaban J connectivity index is 1.48. The van der Waals surface area contributed by atoms with E-state index in [9.17, 15) is 0 Å². The van der Waals surface area contributed by atoms with Crippen LogP contribution >= 0.6 is 0 Å². The van der Waals surface area contributed by atoms with Crippen LogP contribution in [0.5, 0.6) is 0 Å². The monoisotopic (exact) mass is 238 g/mol. The lowest BCUT2D eigenvalue weighted by Gasteiger charge is -2.48. The maximum atomic E-state index is 5.82. The highest BCUT2D eigenvalue weighted by molar-refractivity contribution is 4.94. The average Bonchev–Trinajstić information content (AvgIpc) is 2.98. The standard InChI is InChI=1S/C14H26N2O/c1-10-8-16(9-11(2)17-10)14-6-3-12(14)7-15-13-4-5-13/h10-15H,3-9H2,1-2H3. The number of nitrogens with zero attached hydrogens (tertiary/aromatic N) is 1. The van der Waals surface area contributed by atoms with E-state index in [1.54, 1.807) is 0 Å². The molecule has 3 aliphatic rings. The average molecular weight is 238 g/mol. The SMILES string of the molecule is CC1CN(C2CCC2CNC2CC2)CC(C)O1. The van der Waals surface area contributed by atoms with Gasteiger partial charge in [0.25, 0.3) is 0 Å². The maximum Gasteiger partial charge on any atom is 0.0678 e. The molecule has 1 saturated heterocycles. The van der Waals surface area contributed by atoms with Crippen LogP contribution in [0.3, 0.4) is 0 Å². The molecule has 98 valence electrons. The van der Waals surface area contributed by atoms with Gasteiger partial charge in [0.05, 0.1) is 12.2 Å². The summed E-state index contributed by atoms with van der Waals surface area (Å²) in [6.45, 7) is 7.93. The molecule has 2 aliphatic carbocycles. The van der Waals surface area contributed by atoms with Gasteiger partial charge >= 0.3 is 0 Å². The van der Waals surface area contributed by atoms with Crippen molar-refractivity contribution in [1.29, 1.82) is 0 Å². The Bertz CT molecular complexity index is 257. The third-order valence-corrected chi connectivity index (χ3v) is 4.54. The highest BCUT2D eigenvalue weighted by Crippen LogP contribution is 2.34. The lowest BCUT2D eigenvalue weighted by Crippen LogP contribution is -2.57. The Kier molecular flexibility index (Phi) is 3.42. The zero-order valence-corrected chi connectivity index (χ0v) is 11.2. The van der Waals surface area contributed by atoms with Gasteiger partial charge in [0.15, 0.2) is 0 Å². The summed E-state index contributed by atoms with van der Waals surface area (Å²) in [4.78, 5) is 2.68. The smallest absolute Gasteiger partial charge is 0.0678 e. The lowest BCUT2D eigenvalue weighted by molar-refractivity contribution is -0.100. The first-order valence-corrected chi connectivity index (χ1v) is 7.35. The minimum absolute atomic E-state index is 0.413. The number of morpholine rings is 1. The lowest BCUT2D eigenvalue weighted by atomic mass is 9.78. The Morgan fingerprint density at radius 2 is 1.76 bits per heavy atom. The maximum absolute atomic E-state index is 5.82. The van der Waals surface area contributed by atoms with E-state index in [-0.39, 0.29) is 0 Å². The fourth-order valence-corrected chi connectivity index (χ4v) is 3.36. The topological polar surface area (TPSA) is 24.5 Å². The quantitative estimate of drug-likeness (QED) is 0.805. The summed E-state index contributed by atoms with van der Waals surface area (Å²) >= 11 is 0. The molecule has 3 heteroatoms. The molecule has 4 unspecified atom stereocenters. The molecule has 1 heterocycles. The van der Waals surface area contributed by atoms with Crippen LogP contribution in [-0.4, -0.2) is 48.8 Å². The zero-order valence-electron chi connectivity index (χ0n) is 11.2. The first-order chi connectivity index (χ1) is 8.22. The van der Waals surface area contributed by atoms with Gasteiger partial charge in [0.2, 0.25) is 0 Å². The summed E-state index contributed by atoms with van der Waals surface area (Å²) in [7, 11) is 0. The minimum atomic E-state index is 0.413. The van der Waals surface area contributed by atoms with Crippen molar-refractivity contribution in [2.45, 2.75) is 63.8 Å². The highest BCUT2D eigenvalue weighted by atomic mass is 16.5. The second-order valence-electron chi connectivity index (χ2n) is 6.30. The Labute approximate surface area is 105 Å². The number of hydrogen-bond donors (Lipinski definition) is 1. The van der Waals surface area contributed by atoms with Crippen LogP contribution in [0.1, 0.15) is 39.5 Å². The third-order valence-electron chi connectivity index (χ3n) is 4.54. The van der Waals surface area contributed by atoms with Crippen LogP contribution in [0.25, 0.3) is 0 Å². The molecule has 0 amide bonds. The van der Waals surface area contributed by atoms with Crippen LogP contribution in [0.2, 0.25) is 0 Å². The molecule has 3 fully saturated rings. The summed E-state index contributed by atoms with van der Waals surface area (Å²) in [5.41, 5.74) is 0. The molecule has 1 N–H and O–H groups in total. The number of ether oxygens (including phenoxy) is 1. The van der Waals surface area contributed by atoms with Crippen molar-refractivity contribution in [3.05, 3.63) is 0 Å². The van der Waals surface area contributed by atoms with Gasteiger partial charge in [0, 0.05) is 25.2 Å². The number of nitrogens with one attached hydrogen (secondary N) is 1. The summed E-state index contributed by atoms with van der Waals surface area (Å²) < 4.78 is 5.82. The highest BCUT2D eigenvalue weighted by Gasteiger charge is 2.38. The van der Waals surface area contributed by atoms with Crippen LogP contribution in [0.15, 0.2) is 0 Å². The van der Waals surface area contributed by atoms with Crippen molar-refractivity contribution in [2.75, 3.05) is 19.6 Å². The van der Waals surface area contributed by atoms with Crippen molar-refractivity contribution in [3.63, 3.8) is 0 Å². The van der Waals surface area contributed by atoms with Gasteiger partial charge in [-0.2, -0.15) is 0 Å². The molecule has 17 heavy (non-hydrogen) atoms. The molecule has 3 nitrogen and oxygen atoms in total. The number of hydrogen-bond acceptors (Lipinski definition) is 3. The van der Waals surface area contributed by atoms with Gasteiger partial charge in [-0.3, -0.25) is 4.90 Å². The Morgan fingerprint density at radius 3 is 2.29 bits per heavy atom. The van der Waals surface area contributed by atoms with Crippen molar-refractivity contribution in [3.8, 4) is 0 Å². The second kappa shape index (κ2) is 4.87. The largest absolute Gasteiger partial charge is 0.373 e. The van der Waals surface area contributed by atoms with E-state index in [0.29, 0.717) is 12.2 Å². The summed E-state index contributed by atoms with van der Waals surface area (Å²) in [6.07, 6.45) is 6.46. The van der Waals surface area contributed by atoms with E-state index in [1.165, 1.54) is 32.2 Å². The molecule has 0 aromatic rings. The van der Waals surface area contributed by atoms with Gasteiger partial charge in [-0.05, 0) is 52.0 Å². The molecule has 0 bridgehead atoms. The summed E-state index contributed by atoms with van der Waals surface area (Å²) in [5, 5.41) is 3.69. The molecule has 0 radical (unpaired) electrons. The molecule has 3 rings (SSSR count). The number of rotatable bonds is 4. The Hall–Kier alpha value is -0.120. The van der Waals surface area contributed by atoms with E-state index >= 15 is 0 Å². The van der Waals surface area contributed by atoms with E-state index in [1.807, 2.05) is 0 Å². The Morgan fingerprint density at radius 1 is 1.06 bits per heavy atom. The zero-order chi connectivity index (χ0) is 11.8. The van der Waals surface area contributed by atoms with Gasteiger partial charge in [-0.1, -0.05) is 0 Å². The van der Waals surface area contributed by atoms with Gasteiger partial charge in [0.1, 0.15) is 0 Å². The van der Waals surface area contributed by atoms with Crippen molar-refractivity contribution >= 4 is 0 Å². The third kappa shape index (κ3) is 2.83. The molecular weight excluding hydrogens is 212 g/mol. The molecule has 0 aromatic carbocycles. The van der Waals surface area contributed by atoms with Gasteiger partial charge < -0.3 is 10.1 Å². The van der Waals surface area contributed by atoms with Crippen molar-refractivity contribution in [2.24, 2.45) is 5.92 Å². The molecule has 2 saturated carbocycles. The van der Waals surface area contributed by atoms with Crippen LogP contribution in [0, 0.1) is 5.92 Å². The second-order valence-corrected chi connectivity index (χ2v) is 6.30. The fraction of sp³-hybridized carbons (Fsp3) is 1.00. The van der Waals surface area contributed by atoms with Crippen LogP contribution < -0.4 is 5.32 Å². The first-order valence-electron chi connectivity index (χ1n) is 7.35. The molecule has 1 aliphatic heterocycles. The van der Waals surface area contributed by atoms with Gasteiger partial charge in [-0.25, -0.2) is 0 Å². The molecular formula is C14H26N2O. The van der Waals surface area contributed by atoms with Crippen LogP contribution in [-0.2, 0) is 4.74 Å². The first kappa shape index (κ1) is 11.9. The molecule has 4 atom stereocenters. The van der Waals surface area contributed by atoms with E-state index in [0.717, 1.165) is 31.1 Å². The summed E-state index contributed by atoms with van der Waals surface area (Å²) in [5.74, 6) is 0.896. The molecule has 0 spiro atoms. The summed E-state index contributed by atoms with van der Waals surface area (Å²) in [6, 6.07) is 1.69. The van der Waals surface area contributed by atoms with E-state index < -0.39 is 0 Å².